The third-order valence-corrected chi connectivity index (χ3v) is 11.3. The van der Waals surface area contributed by atoms with Crippen molar-refractivity contribution in [2.24, 2.45) is 5.92 Å². The Balaban J connectivity index is 1.08. The van der Waals surface area contributed by atoms with E-state index in [1.807, 2.05) is 79.6 Å². The summed E-state index contributed by atoms with van der Waals surface area (Å²) >= 11 is 0. The number of alkyl halides is 2. The SMILES string of the molecule is Cc1c(Nc2cc(C(F)F)nc3c2=CCN(CN2CCC(O)C2)C=3)cccc1-c1cccc(-c2nc3cc(CN4CCC(C(=O)O)CC4)cc(C#N)c3o2)c1C. The zero-order valence-corrected chi connectivity index (χ0v) is 31.3. The monoisotopic (exact) mass is 759 g/mol. The number of benzene rings is 3. The number of carboxylic acids is 1. The van der Waals surface area contributed by atoms with Gasteiger partial charge in [-0.3, -0.25) is 14.6 Å². The number of aliphatic hydroxyl groups excluding tert-OH is 1. The number of hydrogen-bond acceptors (Lipinski definition) is 10. The van der Waals surface area contributed by atoms with E-state index in [9.17, 15) is 29.1 Å². The smallest absolute Gasteiger partial charge is 0.306 e. The van der Waals surface area contributed by atoms with Gasteiger partial charge in [0.25, 0.3) is 6.43 Å². The second-order valence-electron chi connectivity index (χ2n) is 15.1. The largest absolute Gasteiger partial charge is 0.481 e. The van der Waals surface area contributed by atoms with E-state index in [4.69, 9.17) is 9.40 Å². The van der Waals surface area contributed by atoms with E-state index < -0.39 is 12.4 Å². The van der Waals surface area contributed by atoms with E-state index in [2.05, 4.69) is 26.2 Å². The average Bonchev–Trinajstić information content (AvgIpc) is 3.81. The van der Waals surface area contributed by atoms with E-state index in [0.29, 0.717) is 85.8 Å². The number of aliphatic hydroxyl groups is 1. The van der Waals surface area contributed by atoms with Gasteiger partial charge in [0, 0.05) is 54.5 Å². The summed E-state index contributed by atoms with van der Waals surface area (Å²) in [5.74, 6) is -0.669. The minimum absolute atomic E-state index is 0.308. The van der Waals surface area contributed by atoms with Crippen molar-refractivity contribution in [1.82, 2.24) is 24.7 Å². The number of carbonyl (C=O) groups is 1. The van der Waals surface area contributed by atoms with Gasteiger partial charge >= 0.3 is 5.97 Å². The zero-order valence-electron chi connectivity index (χ0n) is 31.3. The van der Waals surface area contributed by atoms with Crippen LogP contribution in [0.1, 0.15) is 53.6 Å². The second kappa shape index (κ2) is 15.5. The molecule has 3 aliphatic rings. The van der Waals surface area contributed by atoms with Gasteiger partial charge in [0.15, 0.2) is 5.58 Å². The Kier molecular flexibility index (Phi) is 10.3. The van der Waals surface area contributed by atoms with Gasteiger partial charge in [-0.1, -0.05) is 30.3 Å². The standard InChI is InChI=1S/C43H43F2N7O4/c1-25-31(5-3-7-33(25)42-49-37-18-27(17-29(20-46)40(37)56-42)21-50-13-9-28(10-14-50)43(54)55)32-6-4-8-35(26(32)2)47-36-19-38(41(44)45)48-39-23-52(16-12-34(36)39)24-51-15-11-30(53)22-51/h3-8,12,17-19,23,28,30,41,47,53H,9-11,13-16,21-22,24H2,1-2H3,(H,54,55). The number of nitrogens with zero attached hydrogens (tertiary/aromatic N) is 6. The van der Waals surface area contributed by atoms with Gasteiger partial charge in [-0.2, -0.15) is 5.26 Å². The Morgan fingerprint density at radius 2 is 1.71 bits per heavy atom. The van der Waals surface area contributed by atoms with Crippen LogP contribution in [-0.4, -0.2) is 86.3 Å². The molecule has 3 N–H and O–H groups in total. The van der Waals surface area contributed by atoms with Gasteiger partial charge in [0.1, 0.15) is 17.3 Å². The molecule has 0 bridgehead atoms. The Labute approximate surface area is 322 Å². The van der Waals surface area contributed by atoms with Crippen molar-refractivity contribution in [3.05, 3.63) is 93.1 Å². The van der Waals surface area contributed by atoms with Crippen molar-refractivity contribution in [2.45, 2.75) is 52.2 Å². The second-order valence-corrected chi connectivity index (χ2v) is 15.1. The normalized spacial score (nSPS) is 17.8. The van der Waals surface area contributed by atoms with Crippen LogP contribution in [0.4, 0.5) is 20.2 Å². The molecule has 2 saturated heterocycles. The van der Waals surface area contributed by atoms with Crippen molar-refractivity contribution < 1.29 is 28.2 Å². The predicted octanol–water partition coefficient (Wildman–Crippen LogP) is 5.88. The van der Waals surface area contributed by atoms with Crippen LogP contribution < -0.4 is 15.9 Å². The Hall–Kier alpha value is -5.68. The number of piperidine rings is 1. The topological polar surface area (TPSA) is 142 Å². The van der Waals surface area contributed by atoms with E-state index in [1.165, 1.54) is 6.07 Å². The highest BCUT2D eigenvalue weighted by molar-refractivity contribution is 5.85. The maximum Gasteiger partial charge on any atom is 0.306 e. The maximum atomic E-state index is 14.2. The van der Waals surface area contributed by atoms with Crippen LogP contribution in [-0.2, 0) is 11.3 Å². The lowest BCUT2D eigenvalue weighted by Gasteiger charge is -2.30. The highest BCUT2D eigenvalue weighted by Gasteiger charge is 2.26. The first-order valence-corrected chi connectivity index (χ1v) is 19.0. The van der Waals surface area contributed by atoms with Gasteiger partial charge in [-0.05, 0) is 104 Å². The lowest BCUT2D eigenvalue weighted by Crippen LogP contribution is -2.43. The molecule has 1 unspecified atom stereocenters. The van der Waals surface area contributed by atoms with Gasteiger partial charge in [-0.15, -0.1) is 0 Å². The Morgan fingerprint density at radius 3 is 2.43 bits per heavy atom. The van der Waals surface area contributed by atoms with E-state index >= 15 is 0 Å². The molecule has 3 aromatic carbocycles. The summed E-state index contributed by atoms with van der Waals surface area (Å²) in [4.78, 5) is 27.0. The minimum Gasteiger partial charge on any atom is -0.481 e. The van der Waals surface area contributed by atoms with Gasteiger partial charge in [0.2, 0.25) is 5.89 Å². The molecule has 2 fully saturated rings. The van der Waals surface area contributed by atoms with Crippen LogP contribution in [0.25, 0.3) is 46.0 Å². The number of rotatable bonds is 10. The Morgan fingerprint density at radius 1 is 0.982 bits per heavy atom. The highest BCUT2D eigenvalue weighted by Crippen LogP contribution is 2.37. The molecule has 288 valence electrons. The predicted molar refractivity (Wildman–Crippen MR) is 209 cm³/mol. The lowest BCUT2D eigenvalue weighted by atomic mass is 9.92. The van der Waals surface area contributed by atoms with Gasteiger partial charge in [-0.25, -0.2) is 18.7 Å². The van der Waals surface area contributed by atoms with Gasteiger partial charge < -0.3 is 24.8 Å². The highest BCUT2D eigenvalue weighted by atomic mass is 19.3. The number of hydrogen-bond donors (Lipinski definition) is 3. The number of nitriles is 1. The molecule has 0 aliphatic carbocycles. The molecule has 5 heterocycles. The number of pyridine rings is 1. The average molecular weight is 760 g/mol. The first-order chi connectivity index (χ1) is 27.0. The number of aliphatic carboxylic acids is 1. The van der Waals surface area contributed by atoms with Crippen LogP contribution in [0, 0.1) is 31.1 Å². The molecular formula is C43H43F2N7O4. The van der Waals surface area contributed by atoms with Crippen LogP contribution in [0.3, 0.4) is 0 Å². The molecule has 2 aromatic heterocycles. The number of anilines is 2. The molecule has 3 aliphatic heterocycles. The van der Waals surface area contributed by atoms with Crippen molar-refractivity contribution >= 4 is 40.7 Å². The number of aromatic nitrogens is 2. The number of carboxylic acid groups (broad SMARTS) is 1. The molecule has 56 heavy (non-hydrogen) atoms. The quantitative estimate of drug-likeness (QED) is 0.157. The number of nitrogens with one attached hydrogen (secondary N) is 1. The van der Waals surface area contributed by atoms with Crippen LogP contribution in [0.15, 0.2) is 59.0 Å². The molecule has 0 saturated carbocycles. The molecule has 11 nitrogen and oxygen atoms in total. The van der Waals surface area contributed by atoms with E-state index in [0.717, 1.165) is 57.3 Å². The van der Waals surface area contributed by atoms with Crippen molar-refractivity contribution in [2.75, 3.05) is 44.7 Å². The fourth-order valence-corrected chi connectivity index (χ4v) is 8.20. The molecule has 8 rings (SSSR count). The van der Waals surface area contributed by atoms with Gasteiger partial charge in [0.05, 0.1) is 29.6 Å². The van der Waals surface area contributed by atoms with E-state index in [1.54, 1.807) is 0 Å². The van der Waals surface area contributed by atoms with Crippen LogP contribution in [0.5, 0.6) is 0 Å². The first-order valence-electron chi connectivity index (χ1n) is 19.0. The summed E-state index contributed by atoms with van der Waals surface area (Å²) in [6.07, 6.45) is 2.65. The summed E-state index contributed by atoms with van der Waals surface area (Å²) in [6.45, 7) is 8.46. The molecule has 13 heteroatoms. The number of likely N-dealkylation sites (tertiary alicyclic amines) is 2. The number of fused-ring (bicyclic) bond motifs is 2. The lowest BCUT2D eigenvalue weighted by molar-refractivity contribution is -0.143. The van der Waals surface area contributed by atoms with Crippen LogP contribution >= 0.6 is 0 Å². The molecule has 0 radical (unpaired) electrons. The molecule has 0 amide bonds. The van der Waals surface area contributed by atoms with Crippen LogP contribution in [0.2, 0.25) is 0 Å². The summed E-state index contributed by atoms with van der Waals surface area (Å²) in [7, 11) is 0. The summed E-state index contributed by atoms with van der Waals surface area (Å²) in [6, 6.07) is 19.3. The third-order valence-electron chi connectivity index (χ3n) is 11.3. The maximum absolute atomic E-state index is 14.2. The number of halogens is 2. The molecule has 0 spiro atoms. The fourth-order valence-electron chi connectivity index (χ4n) is 8.20. The van der Waals surface area contributed by atoms with Crippen molar-refractivity contribution in [1.29, 1.82) is 5.26 Å². The number of β-amino-alcohol motifs (C(OH)–C–C–N with tert-alkyl or cyclic N) is 1. The minimum atomic E-state index is -2.75. The zero-order chi connectivity index (χ0) is 39.1. The van der Waals surface area contributed by atoms with E-state index in [-0.39, 0.29) is 17.7 Å². The number of oxazole rings is 1. The first kappa shape index (κ1) is 37.3. The molecular weight excluding hydrogens is 717 g/mol. The molecule has 1 atom stereocenters. The van der Waals surface area contributed by atoms with Crippen molar-refractivity contribution in [3.8, 4) is 28.7 Å². The fraction of sp³-hybridized carbons (Fsp3) is 0.349. The van der Waals surface area contributed by atoms with Crippen molar-refractivity contribution in [3.63, 3.8) is 0 Å². The summed E-state index contributed by atoms with van der Waals surface area (Å²) in [5, 5.41) is 34.1. The summed E-state index contributed by atoms with van der Waals surface area (Å²) < 4.78 is 34.6. The Bertz CT molecular complexity index is 2490. The third kappa shape index (κ3) is 7.47. The molecule has 5 aromatic rings. The summed E-state index contributed by atoms with van der Waals surface area (Å²) in [5.41, 5.74) is 7.83.